The van der Waals surface area contributed by atoms with E-state index < -0.39 is 89.5 Å². The molecule has 0 aromatic heterocycles. The zero-order chi connectivity index (χ0) is 46.9. The van der Waals surface area contributed by atoms with Gasteiger partial charge >= 0.3 is 11.9 Å². The van der Waals surface area contributed by atoms with Gasteiger partial charge < -0.3 is 43.5 Å². The van der Waals surface area contributed by atoms with Gasteiger partial charge in [0.1, 0.15) is 23.9 Å². The third kappa shape index (κ3) is 12.7. The van der Waals surface area contributed by atoms with Gasteiger partial charge in [-0.05, 0) is 96.5 Å². The van der Waals surface area contributed by atoms with Crippen molar-refractivity contribution < 1.29 is 53.0 Å². The van der Waals surface area contributed by atoms with Gasteiger partial charge in [-0.15, -0.1) is 0 Å². The van der Waals surface area contributed by atoms with Crippen LogP contribution in [0.1, 0.15) is 99.1 Å². The first-order chi connectivity index (χ1) is 30.2. The second-order valence-corrected chi connectivity index (χ2v) is 19.1. The number of nitrogens with zero attached hydrogens (tertiary/aromatic N) is 2. The number of aliphatic hydroxyl groups is 2. The van der Waals surface area contributed by atoms with E-state index in [1.165, 1.54) is 12.5 Å². The Kier molecular flexibility index (Phi) is 18.1. The van der Waals surface area contributed by atoms with Crippen molar-refractivity contribution in [3.8, 4) is 0 Å². The normalized spacial score (nSPS) is 37.0. The number of cyclic esters (lactones) is 1. The van der Waals surface area contributed by atoms with Crippen LogP contribution in [0.5, 0.6) is 0 Å². The molecule has 3 aliphatic rings. The van der Waals surface area contributed by atoms with E-state index in [-0.39, 0.29) is 44.6 Å². The highest BCUT2D eigenvalue weighted by Crippen LogP contribution is 2.42. The molecule has 354 valence electrons. The van der Waals surface area contributed by atoms with Gasteiger partial charge in [-0.3, -0.25) is 14.4 Å². The zero-order valence-electron chi connectivity index (χ0n) is 39.9. The SMILES string of the molecule is CC[C@@H]1OC(=O)[C@H](C)[C@@H](OC(=O)Cc2ccccc2)[C@H](C)[C@@H](O[C@@H]2O[C@H](C)C[C@H](N(C)C)[C@H]2O)[C@@]2(C)C[C@@H](C)C(=NC(C)=O)[C@@H](C)[C@H](OC/C(=C/CCc3ccccc3)CO2)[C@]1(C)O. The minimum Gasteiger partial charge on any atom is -0.461 e. The highest BCUT2D eigenvalue weighted by molar-refractivity contribution is 5.97. The third-order valence-electron chi connectivity index (χ3n) is 13.5. The maximum atomic E-state index is 14.6. The topological polar surface area (TPSA) is 163 Å². The minimum atomic E-state index is -1.79. The number of benzene rings is 2. The Morgan fingerprint density at radius 3 is 2.20 bits per heavy atom. The Morgan fingerprint density at radius 1 is 0.953 bits per heavy atom. The molecule has 2 aromatic carbocycles. The van der Waals surface area contributed by atoms with Gasteiger partial charge in [-0.2, -0.15) is 0 Å². The van der Waals surface area contributed by atoms with Crippen molar-refractivity contribution >= 4 is 23.6 Å². The standard InChI is InChI=1S/C51H74N2O11/c1-12-41-51(9,58)47-33(4)43(52-36(7)54)31(2)28-50(8,60-30-39(29-59-47)25-19-24-37-20-15-13-16-21-37)46(64-49-44(56)40(53(10)11)26-32(3)61-49)34(5)45(35(6)48(57)62-41)63-42(55)27-38-22-17-14-18-23-38/h13-18,20-23,25,31-35,40-41,44-47,49,56,58H,12,19,24,26-30H2,1-11H3/b39-25-,52-43?/t31-,32-,33-,34+,35-,40+,41+,44-,45+,46-,47+,49+,50-,51-/m1/s1. The zero-order valence-corrected chi connectivity index (χ0v) is 39.9. The summed E-state index contributed by atoms with van der Waals surface area (Å²) in [6, 6.07) is 19.1. The highest BCUT2D eigenvalue weighted by Gasteiger charge is 2.54. The number of ether oxygens (including phenoxy) is 6. The maximum Gasteiger partial charge on any atom is 0.312 e. The molecule has 0 saturated carbocycles. The molecule has 14 atom stereocenters. The molecule has 1 amide bonds. The first-order valence-corrected chi connectivity index (χ1v) is 23.1. The van der Waals surface area contributed by atoms with Crippen molar-refractivity contribution in [2.45, 2.75) is 161 Å². The number of rotatable bonds is 10. The molecular weight excluding hydrogens is 817 g/mol. The quantitative estimate of drug-likeness (QED) is 0.192. The predicted octanol–water partition coefficient (Wildman–Crippen LogP) is 6.69. The molecule has 13 nitrogen and oxygen atoms in total. The van der Waals surface area contributed by atoms with Crippen molar-refractivity contribution in [3.05, 3.63) is 83.4 Å². The van der Waals surface area contributed by atoms with Crippen LogP contribution in [-0.2, 0) is 55.6 Å². The van der Waals surface area contributed by atoms with Crippen molar-refractivity contribution in [1.29, 1.82) is 0 Å². The number of aryl methyl sites for hydroxylation is 1. The van der Waals surface area contributed by atoms with Crippen LogP contribution in [0.25, 0.3) is 0 Å². The number of carbonyl (C=O) groups is 3. The van der Waals surface area contributed by atoms with Crippen molar-refractivity contribution in [2.24, 2.45) is 28.7 Å². The summed E-state index contributed by atoms with van der Waals surface area (Å²) in [4.78, 5) is 48.2. The molecule has 3 saturated heterocycles. The molecular formula is C51H74N2O11. The summed E-state index contributed by atoms with van der Waals surface area (Å²) in [6.07, 6.45) is -2.29. The Labute approximate surface area is 380 Å². The van der Waals surface area contributed by atoms with Gasteiger partial charge in [0, 0.05) is 30.5 Å². The van der Waals surface area contributed by atoms with Crippen LogP contribution in [0.2, 0.25) is 0 Å². The molecule has 5 rings (SSSR count). The average Bonchev–Trinajstić information content (AvgIpc) is 3.26. The monoisotopic (exact) mass is 891 g/mol. The van der Waals surface area contributed by atoms with E-state index in [4.69, 9.17) is 28.4 Å². The van der Waals surface area contributed by atoms with E-state index in [9.17, 15) is 24.6 Å². The summed E-state index contributed by atoms with van der Waals surface area (Å²) in [5.74, 6) is -4.67. The molecule has 0 spiro atoms. The lowest BCUT2D eigenvalue weighted by molar-refractivity contribution is -0.303. The van der Waals surface area contributed by atoms with Crippen LogP contribution in [0.4, 0.5) is 0 Å². The fraction of sp³-hybridized carbons (Fsp3) is 0.647. The van der Waals surface area contributed by atoms with Gasteiger partial charge in [0.2, 0.25) is 5.91 Å². The van der Waals surface area contributed by atoms with Crippen molar-refractivity contribution in [1.82, 2.24) is 4.90 Å². The number of allylic oxidation sites excluding steroid dienone is 1. The lowest BCUT2D eigenvalue weighted by Crippen LogP contribution is -2.61. The molecule has 2 aromatic rings. The number of esters is 2. The smallest absolute Gasteiger partial charge is 0.312 e. The number of carbonyl (C=O) groups excluding carboxylic acids is 3. The molecule has 3 heterocycles. The van der Waals surface area contributed by atoms with E-state index in [0.29, 0.717) is 18.6 Å². The molecule has 0 aliphatic carbocycles. The number of likely N-dealkylation sites (N-methyl/N-ethyl adjacent to an activating group) is 1. The van der Waals surface area contributed by atoms with Crippen LogP contribution in [0.15, 0.2) is 77.3 Å². The van der Waals surface area contributed by atoms with E-state index in [2.05, 4.69) is 23.2 Å². The molecule has 2 bridgehead atoms. The summed E-state index contributed by atoms with van der Waals surface area (Å²) in [7, 11) is 3.80. The predicted molar refractivity (Wildman–Crippen MR) is 244 cm³/mol. The van der Waals surface area contributed by atoms with Gasteiger partial charge in [0.15, 0.2) is 6.29 Å². The van der Waals surface area contributed by atoms with Crippen LogP contribution in [-0.4, -0.2) is 126 Å². The molecule has 0 radical (unpaired) electrons. The molecule has 64 heavy (non-hydrogen) atoms. The van der Waals surface area contributed by atoms with Gasteiger partial charge in [-0.25, -0.2) is 4.99 Å². The lowest BCUT2D eigenvalue weighted by atomic mass is 9.73. The Hall–Kier alpha value is -3.82. The highest BCUT2D eigenvalue weighted by atomic mass is 16.7. The average molecular weight is 891 g/mol. The van der Waals surface area contributed by atoms with E-state index in [0.717, 1.165) is 17.6 Å². The van der Waals surface area contributed by atoms with Crippen LogP contribution in [0.3, 0.4) is 0 Å². The van der Waals surface area contributed by atoms with Crippen molar-refractivity contribution in [3.63, 3.8) is 0 Å². The first kappa shape index (κ1) is 51.2. The van der Waals surface area contributed by atoms with Crippen molar-refractivity contribution in [2.75, 3.05) is 27.3 Å². The number of aliphatic imine (C=N–C) groups is 1. The molecule has 3 aliphatic heterocycles. The second-order valence-electron chi connectivity index (χ2n) is 19.1. The Morgan fingerprint density at radius 2 is 1.59 bits per heavy atom. The van der Waals surface area contributed by atoms with E-state index in [1.54, 1.807) is 13.8 Å². The van der Waals surface area contributed by atoms with Gasteiger partial charge in [-0.1, -0.05) is 94.4 Å². The molecule has 2 N–H and O–H groups in total. The summed E-state index contributed by atoms with van der Waals surface area (Å²) in [5, 5.41) is 24.6. The van der Waals surface area contributed by atoms with Gasteiger partial charge in [0.25, 0.3) is 0 Å². The number of hydrogen-bond donors (Lipinski definition) is 2. The maximum absolute atomic E-state index is 14.6. The van der Waals surface area contributed by atoms with Crippen LogP contribution < -0.4 is 0 Å². The van der Waals surface area contributed by atoms with Gasteiger partial charge in [0.05, 0.1) is 49.5 Å². The fourth-order valence-electron chi connectivity index (χ4n) is 10.1. The molecule has 0 unspecified atom stereocenters. The fourth-order valence-corrected chi connectivity index (χ4v) is 10.1. The summed E-state index contributed by atoms with van der Waals surface area (Å²) in [6.45, 7) is 16.1. The summed E-state index contributed by atoms with van der Waals surface area (Å²) >= 11 is 0. The summed E-state index contributed by atoms with van der Waals surface area (Å²) < 4.78 is 40.2. The summed E-state index contributed by atoms with van der Waals surface area (Å²) in [5.41, 5.74) is 0.0979. The van der Waals surface area contributed by atoms with E-state index in [1.807, 2.05) is 109 Å². The third-order valence-corrected chi connectivity index (χ3v) is 13.5. The molecule has 3 fully saturated rings. The second kappa shape index (κ2) is 22.6. The largest absolute Gasteiger partial charge is 0.461 e. The number of fused-ring (bicyclic) bond motifs is 5. The number of hydrogen-bond acceptors (Lipinski definition) is 12. The Balaban J connectivity index is 1.74. The van der Waals surface area contributed by atoms with E-state index >= 15 is 0 Å². The first-order valence-electron chi connectivity index (χ1n) is 23.1. The Bertz CT molecular complexity index is 1900. The lowest BCUT2D eigenvalue weighted by Gasteiger charge is -2.49. The minimum absolute atomic E-state index is 0.0474. The van der Waals surface area contributed by atoms with Crippen LogP contribution >= 0.6 is 0 Å². The van der Waals surface area contributed by atoms with Crippen LogP contribution in [0, 0.1) is 23.7 Å². The number of amides is 1. The number of aliphatic hydroxyl groups excluding tert-OH is 1. The molecule has 13 heteroatoms.